The highest BCUT2D eigenvalue weighted by Crippen LogP contribution is 2.21. The number of nitrogens with zero attached hydrogens (tertiary/aromatic N) is 2. The molecular weight excluding hydrogens is 285 g/mol. The molecule has 0 aliphatic rings. The topological polar surface area (TPSA) is 39.1 Å². The molecule has 0 aliphatic heterocycles. The minimum atomic E-state index is 0.554. The van der Waals surface area contributed by atoms with E-state index in [9.17, 15) is 0 Å². The Balaban J connectivity index is 2.34. The van der Waals surface area contributed by atoms with Crippen LogP contribution in [0.2, 0.25) is 5.02 Å². The number of ether oxygens (including phenoxy) is 1. The molecule has 0 atom stereocenters. The summed E-state index contributed by atoms with van der Waals surface area (Å²) >= 11 is 11.9. The molecule has 0 aliphatic carbocycles. The Morgan fingerprint density at radius 3 is 2.74 bits per heavy atom. The Bertz CT molecular complexity index is 369. The van der Waals surface area contributed by atoms with E-state index in [1.807, 2.05) is 4.68 Å². The Labute approximate surface area is 125 Å². The second kappa shape index (κ2) is 9.59. The maximum Gasteiger partial charge on any atom is 0.0863 e. The second-order valence-electron chi connectivity index (χ2n) is 4.21. The normalized spacial score (nSPS) is 11.2. The first-order valence-electron chi connectivity index (χ1n) is 6.83. The Kier molecular flexibility index (Phi) is 8.46. The molecule has 1 aromatic rings. The average molecular weight is 308 g/mol. The van der Waals surface area contributed by atoms with Crippen molar-refractivity contribution in [3.05, 3.63) is 16.4 Å². The zero-order chi connectivity index (χ0) is 14.1. The molecule has 1 rings (SSSR count). The maximum atomic E-state index is 6.33. The molecule has 0 amide bonds. The zero-order valence-corrected chi connectivity index (χ0v) is 13.2. The van der Waals surface area contributed by atoms with Crippen molar-refractivity contribution < 1.29 is 4.74 Å². The van der Waals surface area contributed by atoms with E-state index in [1.54, 1.807) is 0 Å². The van der Waals surface area contributed by atoms with Crippen molar-refractivity contribution in [3.8, 4) is 0 Å². The number of nitrogens with one attached hydrogen (secondary N) is 1. The highest BCUT2D eigenvalue weighted by atomic mass is 35.5. The third-order valence-corrected chi connectivity index (χ3v) is 3.44. The molecular formula is C13H23Cl2N3O. The average Bonchev–Trinajstić information content (AvgIpc) is 2.74. The van der Waals surface area contributed by atoms with Gasteiger partial charge in [0.2, 0.25) is 0 Å². The molecule has 1 N–H and O–H groups in total. The van der Waals surface area contributed by atoms with Gasteiger partial charge >= 0.3 is 0 Å². The number of halogens is 2. The van der Waals surface area contributed by atoms with E-state index in [0.717, 1.165) is 55.5 Å². The van der Waals surface area contributed by atoms with Crippen LogP contribution in [0.4, 0.5) is 0 Å². The van der Waals surface area contributed by atoms with Gasteiger partial charge in [0, 0.05) is 25.6 Å². The van der Waals surface area contributed by atoms with Crippen LogP contribution >= 0.6 is 23.2 Å². The minimum absolute atomic E-state index is 0.554. The first kappa shape index (κ1) is 16.8. The third kappa shape index (κ3) is 5.30. The molecule has 0 fully saturated rings. The molecule has 4 nitrogen and oxygen atoms in total. The molecule has 1 aromatic heterocycles. The first-order valence-corrected chi connectivity index (χ1v) is 7.74. The molecule has 6 heteroatoms. The number of alkyl halides is 1. The van der Waals surface area contributed by atoms with Gasteiger partial charge in [0.1, 0.15) is 0 Å². The Morgan fingerprint density at radius 2 is 2.11 bits per heavy atom. The lowest BCUT2D eigenvalue weighted by Crippen LogP contribution is -2.19. The fraction of sp³-hybridized carbons (Fsp3) is 0.769. The van der Waals surface area contributed by atoms with Crippen LogP contribution in [-0.4, -0.2) is 35.4 Å². The summed E-state index contributed by atoms with van der Waals surface area (Å²) in [6.07, 6.45) is 1.83. The summed E-state index contributed by atoms with van der Waals surface area (Å²) in [5.41, 5.74) is 2.05. The van der Waals surface area contributed by atoms with Crippen LogP contribution in [0.5, 0.6) is 0 Å². The number of aromatic nitrogens is 2. The summed E-state index contributed by atoms with van der Waals surface area (Å²) in [5, 5.41) is 8.67. The van der Waals surface area contributed by atoms with Gasteiger partial charge in [-0.05, 0) is 26.3 Å². The molecule has 0 radical (unpaired) electrons. The Hall–Kier alpha value is -0.290. The quantitative estimate of drug-likeness (QED) is 0.533. The smallest absolute Gasteiger partial charge is 0.0863 e. The summed E-state index contributed by atoms with van der Waals surface area (Å²) < 4.78 is 7.28. The van der Waals surface area contributed by atoms with Crippen molar-refractivity contribution in [3.63, 3.8) is 0 Å². The van der Waals surface area contributed by atoms with E-state index < -0.39 is 0 Å². The fourth-order valence-corrected chi connectivity index (χ4v) is 2.29. The van der Waals surface area contributed by atoms with Gasteiger partial charge in [0.05, 0.1) is 23.0 Å². The van der Waals surface area contributed by atoms with Gasteiger partial charge in [-0.15, -0.1) is 11.6 Å². The summed E-state index contributed by atoms with van der Waals surface area (Å²) in [5.74, 6) is 0.554. The fourth-order valence-electron chi connectivity index (χ4n) is 1.85. The lowest BCUT2D eigenvalue weighted by atomic mass is 10.3. The highest BCUT2D eigenvalue weighted by Gasteiger charge is 2.13. The van der Waals surface area contributed by atoms with E-state index >= 15 is 0 Å². The van der Waals surface area contributed by atoms with Crippen LogP contribution in [0.25, 0.3) is 0 Å². The summed E-state index contributed by atoms with van der Waals surface area (Å²) in [6, 6.07) is 0. The predicted octanol–water partition coefficient (Wildman–Crippen LogP) is 2.85. The summed E-state index contributed by atoms with van der Waals surface area (Å²) in [7, 11) is 0. The van der Waals surface area contributed by atoms with Crippen molar-refractivity contribution in [2.75, 3.05) is 25.6 Å². The van der Waals surface area contributed by atoms with Gasteiger partial charge in [0.25, 0.3) is 0 Å². The second-order valence-corrected chi connectivity index (χ2v) is 4.96. The number of rotatable bonds is 10. The SMILES string of the molecule is CCc1nn(CC)c(CNCCCOCCCl)c1Cl. The lowest BCUT2D eigenvalue weighted by Gasteiger charge is -2.07. The predicted molar refractivity (Wildman–Crippen MR) is 80.2 cm³/mol. The van der Waals surface area contributed by atoms with Gasteiger partial charge in [0.15, 0.2) is 0 Å². The molecule has 0 spiro atoms. The van der Waals surface area contributed by atoms with Crippen molar-refractivity contribution in [1.29, 1.82) is 0 Å². The van der Waals surface area contributed by atoms with Gasteiger partial charge < -0.3 is 10.1 Å². The van der Waals surface area contributed by atoms with Crippen LogP contribution in [0.1, 0.15) is 31.7 Å². The molecule has 0 unspecified atom stereocenters. The standard InChI is InChI=1S/C13H23Cl2N3O/c1-3-11-13(15)12(18(4-2)17-11)10-16-7-5-8-19-9-6-14/h16H,3-10H2,1-2H3. The molecule has 19 heavy (non-hydrogen) atoms. The summed E-state index contributed by atoms with van der Waals surface area (Å²) in [4.78, 5) is 0. The van der Waals surface area contributed by atoms with Gasteiger partial charge in [-0.3, -0.25) is 4.68 Å². The zero-order valence-electron chi connectivity index (χ0n) is 11.7. The molecule has 0 bridgehead atoms. The monoisotopic (exact) mass is 307 g/mol. The van der Waals surface area contributed by atoms with Crippen LogP contribution in [0.15, 0.2) is 0 Å². The van der Waals surface area contributed by atoms with Crippen molar-refractivity contribution in [2.45, 2.75) is 39.8 Å². The maximum absolute atomic E-state index is 6.33. The number of aryl methyl sites for hydroxylation is 2. The van der Waals surface area contributed by atoms with Crippen LogP contribution in [-0.2, 0) is 24.2 Å². The van der Waals surface area contributed by atoms with Gasteiger partial charge in [-0.2, -0.15) is 5.10 Å². The third-order valence-electron chi connectivity index (χ3n) is 2.85. The van der Waals surface area contributed by atoms with Crippen LogP contribution in [0.3, 0.4) is 0 Å². The highest BCUT2D eigenvalue weighted by molar-refractivity contribution is 6.31. The van der Waals surface area contributed by atoms with E-state index in [1.165, 1.54) is 0 Å². The Morgan fingerprint density at radius 1 is 1.32 bits per heavy atom. The first-order chi connectivity index (χ1) is 9.24. The lowest BCUT2D eigenvalue weighted by molar-refractivity contribution is 0.146. The summed E-state index contributed by atoms with van der Waals surface area (Å²) in [6.45, 7) is 7.99. The van der Waals surface area contributed by atoms with E-state index in [4.69, 9.17) is 27.9 Å². The number of hydrogen-bond acceptors (Lipinski definition) is 3. The minimum Gasteiger partial charge on any atom is -0.380 e. The van der Waals surface area contributed by atoms with Crippen molar-refractivity contribution >= 4 is 23.2 Å². The largest absolute Gasteiger partial charge is 0.380 e. The molecule has 0 saturated heterocycles. The molecule has 0 aromatic carbocycles. The van der Waals surface area contributed by atoms with E-state index in [2.05, 4.69) is 24.3 Å². The van der Waals surface area contributed by atoms with Crippen LogP contribution in [0, 0.1) is 0 Å². The molecule has 0 saturated carbocycles. The van der Waals surface area contributed by atoms with Crippen LogP contribution < -0.4 is 5.32 Å². The molecule has 110 valence electrons. The van der Waals surface area contributed by atoms with E-state index in [0.29, 0.717) is 12.5 Å². The number of hydrogen-bond donors (Lipinski definition) is 1. The van der Waals surface area contributed by atoms with Crippen molar-refractivity contribution in [1.82, 2.24) is 15.1 Å². The molecule has 1 heterocycles. The van der Waals surface area contributed by atoms with Crippen molar-refractivity contribution in [2.24, 2.45) is 0 Å². The van der Waals surface area contributed by atoms with Gasteiger partial charge in [-0.1, -0.05) is 18.5 Å². The van der Waals surface area contributed by atoms with E-state index in [-0.39, 0.29) is 0 Å². The van der Waals surface area contributed by atoms with Gasteiger partial charge in [-0.25, -0.2) is 0 Å².